The third kappa shape index (κ3) is 4.67. The van der Waals surface area contributed by atoms with E-state index < -0.39 is 11.7 Å². The Hall–Kier alpha value is -2.80. The highest BCUT2D eigenvalue weighted by molar-refractivity contribution is 5.73. The lowest BCUT2D eigenvalue weighted by Crippen LogP contribution is -2.36. The van der Waals surface area contributed by atoms with Gasteiger partial charge in [-0.2, -0.15) is 0 Å². The number of nitrogens with zero attached hydrogens (tertiary/aromatic N) is 1. The summed E-state index contributed by atoms with van der Waals surface area (Å²) >= 11 is 0. The normalized spacial score (nSPS) is 21.4. The second-order valence-corrected chi connectivity index (χ2v) is 8.59. The highest BCUT2D eigenvalue weighted by Crippen LogP contribution is 2.42. The molecule has 1 aromatic carbocycles. The zero-order valence-corrected chi connectivity index (χ0v) is 18.5. The van der Waals surface area contributed by atoms with Crippen LogP contribution >= 0.6 is 0 Å². The third-order valence-corrected chi connectivity index (χ3v) is 6.50. The highest BCUT2D eigenvalue weighted by Gasteiger charge is 2.35. The van der Waals surface area contributed by atoms with Crippen molar-refractivity contribution >= 4 is 5.91 Å². The Kier molecular flexibility index (Phi) is 6.84. The molecule has 1 aromatic heterocycles. The number of hydrogen-bond donors (Lipinski definition) is 2. The van der Waals surface area contributed by atoms with E-state index in [2.05, 4.69) is 15.8 Å². The van der Waals surface area contributed by atoms with Gasteiger partial charge in [-0.15, -0.1) is 0 Å². The van der Waals surface area contributed by atoms with Gasteiger partial charge >= 0.3 is 0 Å². The van der Waals surface area contributed by atoms with Gasteiger partial charge in [-0.25, -0.2) is 8.78 Å². The van der Waals surface area contributed by atoms with E-state index in [1.54, 1.807) is 0 Å². The topological polar surface area (TPSA) is 67.2 Å². The molecular formula is C25H29F2N3O2. The Morgan fingerprint density at radius 3 is 2.84 bits per heavy atom. The Labute approximate surface area is 186 Å². The van der Waals surface area contributed by atoms with Crippen LogP contribution in [0.5, 0.6) is 0 Å². The van der Waals surface area contributed by atoms with E-state index in [-0.39, 0.29) is 24.2 Å². The van der Waals surface area contributed by atoms with E-state index in [0.717, 1.165) is 46.7 Å². The van der Waals surface area contributed by atoms with Crippen LogP contribution in [0.15, 0.2) is 52.1 Å². The second kappa shape index (κ2) is 9.77. The Balaban J connectivity index is 1.63. The number of rotatable bonds is 6. The maximum Gasteiger partial charge on any atom is 0.216 e. The van der Waals surface area contributed by atoms with Crippen LogP contribution in [-0.4, -0.2) is 30.7 Å². The van der Waals surface area contributed by atoms with Gasteiger partial charge in [0.2, 0.25) is 5.91 Å². The van der Waals surface area contributed by atoms with E-state index in [1.807, 2.05) is 31.2 Å². The van der Waals surface area contributed by atoms with Crippen LogP contribution < -0.4 is 10.6 Å². The maximum absolute atomic E-state index is 14.0. The van der Waals surface area contributed by atoms with Crippen molar-refractivity contribution in [2.24, 2.45) is 5.92 Å². The molecule has 2 N–H and O–H groups in total. The minimum atomic E-state index is -0.744. The lowest BCUT2D eigenvalue weighted by molar-refractivity contribution is -0.118. The predicted octanol–water partition coefficient (Wildman–Crippen LogP) is 4.89. The molecule has 2 unspecified atom stereocenters. The van der Waals surface area contributed by atoms with Crippen LogP contribution in [0.25, 0.3) is 11.3 Å². The molecule has 4 rings (SSSR count). The summed E-state index contributed by atoms with van der Waals surface area (Å²) in [5.74, 6) is -0.562. The van der Waals surface area contributed by atoms with E-state index in [0.29, 0.717) is 25.9 Å². The smallest absolute Gasteiger partial charge is 0.216 e. The van der Waals surface area contributed by atoms with Gasteiger partial charge in [-0.3, -0.25) is 4.79 Å². The summed E-state index contributed by atoms with van der Waals surface area (Å²) in [5, 5.41) is 10.7. The van der Waals surface area contributed by atoms with Gasteiger partial charge in [-0.05, 0) is 50.3 Å². The summed E-state index contributed by atoms with van der Waals surface area (Å²) in [6.07, 6.45) is 3.57. The van der Waals surface area contributed by atoms with Crippen LogP contribution in [0, 0.1) is 12.8 Å². The molecule has 0 saturated carbocycles. The van der Waals surface area contributed by atoms with Gasteiger partial charge < -0.3 is 15.2 Å². The van der Waals surface area contributed by atoms with Gasteiger partial charge in [0, 0.05) is 43.5 Å². The average Bonchev–Trinajstić information content (AvgIpc) is 3.17. The zero-order chi connectivity index (χ0) is 22.7. The molecule has 1 aliphatic heterocycles. The monoisotopic (exact) mass is 441 g/mol. The molecule has 2 heterocycles. The molecule has 170 valence electrons. The summed E-state index contributed by atoms with van der Waals surface area (Å²) in [7, 11) is 0. The van der Waals surface area contributed by atoms with Gasteiger partial charge in [0.25, 0.3) is 0 Å². The number of halogens is 2. The Morgan fingerprint density at radius 2 is 2.06 bits per heavy atom. The van der Waals surface area contributed by atoms with Crippen LogP contribution in [-0.2, 0) is 11.2 Å². The molecule has 1 fully saturated rings. The van der Waals surface area contributed by atoms with E-state index >= 15 is 0 Å². The quantitative estimate of drug-likeness (QED) is 0.670. The fourth-order valence-electron chi connectivity index (χ4n) is 4.84. The molecular weight excluding hydrogens is 412 g/mol. The van der Waals surface area contributed by atoms with Gasteiger partial charge in [-0.1, -0.05) is 35.0 Å². The number of hydrogen-bond acceptors (Lipinski definition) is 4. The number of carbonyl (C=O) groups excluding carboxylic acids is 1. The third-order valence-electron chi connectivity index (χ3n) is 6.50. The molecule has 1 saturated heterocycles. The summed E-state index contributed by atoms with van der Waals surface area (Å²) < 4.78 is 33.4. The number of carbonyl (C=O) groups is 1. The second-order valence-electron chi connectivity index (χ2n) is 8.59. The van der Waals surface area contributed by atoms with Crippen molar-refractivity contribution in [1.82, 2.24) is 15.8 Å². The predicted molar refractivity (Wildman–Crippen MR) is 119 cm³/mol. The summed E-state index contributed by atoms with van der Waals surface area (Å²) in [4.78, 5) is 11.2. The highest BCUT2D eigenvalue weighted by atomic mass is 19.2. The van der Waals surface area contributed by atoms with Crippen molar-refractivity contribution in [3.8, 4) is 11.3 Å². The molecule has 32 heavy (non-hydrogen) atoms. The van der Waals surface area contributed by atoms with Crippen LogP contribution in [0.3, 0.4) is 0 Å². The summed E-state index contributed by atoms with van der Waals surface area (Å²) in [6.45, 7) is 5.60. The van der Waals surface area contributed by atoms with Gasteiger partial charge in [0.05, 0.1) is 0 Å². The van der Waals surface area contributed by atoms with Gasteiger partial charge in [0.15, 0.2) is 5.83 Å². The Bertz CT molecular complexity index is 1060. The number of benzene rings is 1. The van der Waals surface area contributed by atoms with Crippen LogP contribution in [0.4, 0.5) is 8.78 Å². The average molecular weight is 442 g/mol. The molecule has 5 nitrogen and oxygen atoms in total. The van der Waals surface area contributed by atoms with Crippen molar-refractivity contribution in [3.05, 3.63) is 64.5 Å². The molecule has 7 heteroatoms. The SMILES string of the molecule is CC(=O)NCCc1ccccc1-c1noc(C2CNCCC2C2=CC(F)=C(F)CC2)c1C. The molecule has 0 bridgehead atoms. The lowest BCUT2D eigenvalue weighted by atomic mass is 9.76. The number of amides is 1. The van der Waals surface area contributed by atoms with Crippen molar-refractivity contribution in [1.29, 1.82) is 0 Å². The summed E-state index contributed by atoms with van der Waals surface area (Å²) in [6, 6.07) is 7.99. The van der Waals surface area contributed by atoms with Crippen molar-refractivity contribution in [3.63, 3.8) is 0 Å². The Morgan fingerprint density at radius 1 is 1.25 bits per heavy atom. The molecule has 0 radical (unpaired) electrons. The number of piperidine rings is 1. The minimum absolute atomic E-state index is 0.0109. The van der Waals surface area contributed by atoms with Crippen LogP contribution in [0.2, 0.25) is 0 Å². The van der Waals surface area contributed by atoms with Crippen molar-refractivity contribution in [2.75, 3.05) is 19.6 Å². The van der Waals surface area contributed by atoms with Gasteiger partial charge in [0.1, 0.15) is 17.3 Å². The first-order chi connectivity index (χ1) is 15.5. The fraction of sp³-hybridized carbons (Fsp3) is 0.440. The largest absolute Gasteiger partial charge is 0.360 e. The minimum Gasteiger partial charge on any atom is -0.360 e. The lowest BCUT2D eigenvalue weighted by Gasteiger charge is -2.33. The summed E-state index contributed by atoms with van der Waals surface area (Å²) in [5.41, 5.74) is 4.77. The first-order valence-corrected chi connectivity index (χ1v) is 11.2. The van der Waals surface area contributed by atoms with E-state index in [9.17, 15) is 13.6 Å². The number of allylic oxidation sites excluding steroid dienone is 4. The number of aromatic nitrogens is 1. The molecule has 1 amide bonds. The molecule has 2 aliphatic rings. The van der Waals surface area contributed by atoms with Crippen LogP contribution in [0.1, 0.15) is 49.0 Å². The maximum atomic E-state index is 14.0. The zero-order valence-electron chi connectivity index (χ0n) is 18.5. The molecule has 2 aromatic rings. The fourth-order valence-corrected chi connectivity index (χ4v) is 4.84. The van der Waals surface area contributed by atoms with Crippen molar-refractivity contribution in [2.45, 2.75) is 45.4 Å². The first kappa shape index (κ1) is 22.4. The molecule has 2 atom stereocenters. The number of nitrogens with one attached hydrogen (secondary N) is 2. The molecule has 1 aliphatic carbocycles. The van der Waals surface area contributed by atoms with E-state index in [1.165, 1.54) is 13.0 Å². The van der Waals surface area contributed by atoms with E-state index in [4.69, 9.17) is 4.52 Å². The standard InChI is InChI=1S/C25H29F2N3O2/c1-15-24(20-6-4-3-5-17(20)9-12-29-16(2)31)30-32-25(15)21-14-28-11-10-19(21)18-7-8-22(26)23(27)13-18/h3-6,13,19,21,28H,7-12,14H2,1-2H3,(H,29,31). The molecule has 0 spiro atoms. The first-order valence-electron chi connectivity index (χ1n) is 11.2. The van der Waals surface area contributed by atoms with Crippen molar-refractivity contribution < 1.29 is 18.1 Å².